The van der Waals surface area contributed by atoms with E-state index in [4.69, 9.17) is 0 Å². The van der Waals surface area contributed by atoms with Gasteiger partial charge in [-0.25, -0.2) is 0 Å². The van der Waals surface area contributed by atoms with E-state index in [1.807, 2.05) is 34.9 Å². The van der Waals surface area contributed by atoms with Gasteiger partial charge in [0.15, 0.2) is 0 Å². The van der Waals surface area contributed by atoms with Crippen LogP contribution in [-0.4, -0.2) is 51.9 Å². The van der Waals surface area contributed by atoms with E-state index in [9.17, 15) is 9.59 Å². The molecule has 31 heavy (non-hydrogen) atoms. The van der Waals surface area contributed by atoms with Crippen molar-refractivity contribution in [2.24, 2.45) is 0 Å². The highest BCUT2D eigenvalue weighted by atomic mass is 32.2. The maximum atomic E-state index is 13.0. The molecule has 0 aromatic heterocycles. The number of nitrogens with zero attached hydrogens (tertiary/aromatic N) is 2. The van der Waals surface area contributed by atoms with Crippen LogP contribution in [0.1, 0.15) is 83.1 Å². The first-order chi connectivity index (χ1) is 15.1. The van der Waals surface area contributed by atoms with Crippen LogP contribution in [0, 0.1) is 0 Å². The molecule has 0 unspecified atom stereocenters. The van der Waals surface area contributed by atoms with Crippen molar-refractivity contribution in [3.05, 3.63) is 35.9 Å². The number of thioether (sulfide) groups is 1. The van der Waals surface area contributed by atoms with Crippen LogP contribution < -0.4 is 0 Å². The molecule has 0 atom stereocenters. The molecule has 2 amide bonds. The van der Waals surface area contributed by atoms with Crippen molar-refractivity contribution in [3.8, 4) is 0 Å². The number of amides is 2. The van der Waals surface area contributed by atoms with Crippen molar-refractivity contribution in [1.82, 2.24) is 9.80 Å². The highest BCUT2D eigenvalue weighted by molar-refractivity contribution is 8.00. The van der Waals surface area contributed by atoms with Gasteiger partial charge in [0.2, 0.25) is 11.8 Å². The largest absolute Gasteiger partial charge is 0.342 e. The smallest absolute Gasteiger partial charge is 0.224 e. The molecule has 3 rings (SSSR count). The number of likely N-dealkylation sites (tertiary alicyclic amines) is 1. The molecule has 0 saturated carbocycles. The fourth-order valence-corrected chi connectivity index (χ4v) is 6.38. The number of carbonyl (C=O) groups is 2. The number of piperidine rings is 1. The average molecular weight is 445 g/mol. The lowest BCUT2D eigenvalue weighted by molar-refractivity contribution is -0.137. The number of benzene rings is 1. The van der Waals surface area contributed by atoms with Crippen molar-refractivity contribution in [1.29, 1.82) is 0 Å². The summed E-state index contributed by atoms with van der Waals surface area (Å²) in [5.74, 6) is 1.60. The first-order valence-electron chi connectivity index (χ1n) is 12.4. The molecule has 0 aliphatic carbocycles. The Morgan fingerprint density at radius 2 is 1.55 bits per heavy atom. The van der Waals surface area contributed by atoms with Gasteiger partial charge in [-0.05, 0) is 31.2 Å². The average Bonchev–Trinajstić information content (AvgIpc) is 3.21. The van der Waals surface area contributed by atoms with E-state index in [0.717, 1.165) is 51.1 Å². The molecule has 0 radical (unpaired) electrons. The molecule has 2 fully saturated rings. The van der Waals surface area contributed by atoms with Crippen molar-refractivity contribution in [2.75, 3.05) is 25.4 Å². The molecular weight excluding hydrogens is 404 g/mol. The molecule has 1 spiro atoms. The Bertz CT molecular complexity index is 686. The lowest BCUT2D eigenvalue weighted by Gasteiger charge is -2.44. The summed E-state index contributed by atoms with van der Waals surface area (Å²) in [6.45, 7) is 4.69. The lowest BCUT2D eigenvalue weighted by Crippen LogP contribution is -2.53. The molecule has 2 saturated heterocycles. The fourth-order valence-electron chi connectivity index (χ4n) is 4.90. The molecule has 1 aromatic rings. The Hall–Kier alpha value is -1.49. The van der Waals surface area contributed by atoms with E-state index in [0.29, 0.717) is 18.7 Å². The minimum atomic E-state index is -0.0795. The number of hydrogen-bond donors (Lipinski definition) is 0. The number of hydrogen-bond acceptors (Lipinski definition) is 3. The second kappa shape index (κ2) is 12.5. The Morgan fingerprint density at radius 1 is 0.871 bits per heavy atom. The quantitative estimate of drug-likeness (QED) is 0.414. The normalized spacial score (nSPS) is 18.0. The van der Waals surface area contributed by atoms with E-state index in [-0.39, 0.29) is 10.8 Å². The first kappa shape index (κ1) is 24.2. The van der Waals surface area contributed by atoms with Gasteiger partial charge in [-0.3, -0.25) is 9.59 Å². The van der Waals surface area contributed by atoms with Crippen LogP contribution in [0.2, 0.25) is 0 Å². The first-order valence-corrected chi connectivity index (χ1v) is 13.4. The number of aryl methyl sites for hydroxylation is 1. The molecule has 2 aliphatic rings. The molecule has 172 valence electrons. The molecule has 1 aromatic carbocycles. The third-order valence-electron chi connectivity index (χ3n) is 6.84. The minimum absolute atomic E-state index is 0.0795. The van der Waals surface area contributed by atoms with Crippen LogP contribution >= 0.6 is 11.8 Å². The van der Waals surface area contributed by atoms with Crippen molar-refractivity contribution < 1.29 is 9.59 Å². The summed E-state index contributed by atoms with van der Waals surface area (Å²) in [5, 5.41) is 0. The maximum absolute atomic E-state index is 13.0. The highest BCUT2D eigenvalue weighted by Gasteiger charge is 2.46. The second-order valence-corrected chi connectivity index (χ2v) is 10.5. The molecule has 0 N–H and O–H groups in total. The van der Waals surface area contributed by atoms with Crippen LogP contribution in [0.5, 0.6) is 0 Å². The fraction of sp³-hybridized carbons (Fsp3) is 0.692. The Balaban J connectivity index is 1.39. The molecule has 2 heterocycles. The summed E-state index contributed by atoms with van der Waals surface area (Å²) in [4.78, 5) is 29.8. The van der Waals surface area contributed by atoms with E-state index in [1.54, 1.807) is 0 Å². The molecule has 4 nitrogen and oxygen atoms in total. The molecular formula is C26H40N2O2S. The van der Waals surface area contributed by atoms with E-state index in [1.165, 1.54) is 44.1 Å². The number of rotatable bonds is 11. The number of carbonyl (C=O) groups excluding carboxylic acids is 2. The van der Waals surface area contributed by atoms with Gasteiger partial charge >= 0.3 is 0 Å². The number of unbranched alkanes of at least 4 members (excludes halogenated alkanes) is 6. The summed E-state index contributed by atoms with van der Waals surface area (Å²) in [7, 11) is 0. The maximum Gasteiger partial charge on any atom is 0.224 e. The van der Waals surface area contributed by atoms with Gasteiger partial charge in [0.25, 0.3) is 0 Å². The zero-order valence-corrected chi connectivity index (χ0v) is 20.1. The topological polar surface area (TPSA) is 40.6 Å². The van der Waals surface area contributed by atoms with Gasteiger partial charge in [-0.1, -0.05) is 75.8 Å². The van der Waals surface area contributed by atoms with Crippen LogP contribution in [0.15, 0.2) is 30.3 Å². The Labute approximate surface area is 193 Å². The van der Waals surface area contributed by atoms with Crippen LogP contribution in [-0.2, 0) is 16.0 Å². The van der Waals surface area contributed by atoms with Gasteiger partial charge < -0.3 is 9.80 Å². The van der Waals surface area contributed by atoms with Crippen molar-refractivity contribution >= 4 is 23.6 Å². The predicted octanol–water partition coefficient (Wildman–Crippen LogP) is 5.65. The van der Waals surface area contributed by atoms with Gasteiger partial charge in [0.05, 0.1) is 4.87 Å². The SMILES string of the molecule is CCCCCCCCCC(=O)N1CCC2(CC1)SCCN2C(=O)CCc1ccccc1. The van der Waals surface area contributed by atoms with E-state index in [2.05, 4.69) is 24.0 Å². The van der Waals surface area contributed by atoms with Crippen molar-refractivity contribution in [3.63, 3.8) is 0 Å². The zero-order valence-electron chi connectivity index (χ0n) is 19.3. The predicted molar refractivity (Wildman–Crippen MR) is 130 cm³/mol. The zero-order chi connectivity index (χ0) is 21.9. The summed E-state index contributed by atoms with van der Waals surface area (Å²) < 4.78 is 0. The van der Waals surface area contributed by atoms with E-state index < -0.39 is 0 Å². The highest BCUT2D eigenvalue weighted by Crippen LogP contribution is 2.44. The lowest BCUT2D eigenvalue weighted by atomic mass is 10.00. The second-order valence-electron chi connectivity index (χ2n) is 9.08. The monoisotopic (exact) mass is 444 g/mol. The van der Waals surface area contributed by atoms with Gasteiger partial charge in [0, 0.05) is 38.2 Å². The summed E-state index contributed by atoms with van der Waals surface area (Å²) in [5.41, 5.74) is 1.22. The Kier molecular flexibility index (Phi) is 9.76. The third kappa shape index (κ3) is 7.00. The minimum Gasteiger partial charge on any atom is -0.342 e. The van der Waals surface area contributed by atoms with Crippen LogP contribution in [0.4, 0.5) is 0 Å². The summed E-state index contributed by atoms with van der Waals surface area (Å²) in [6, 6.07) is 10.3. The molecule has 2 aliphatic heterocycles. The van der Waals surface area contributed by atoms with E-state index >= 15 is 0 Å². The standard InChI is InChI=1S/C26H40N2O2S/c1-2-3-4-5-6-7-11-14-24(29)27-19-17-26(18-20-27)28(21-22-31-26)25(30)16-15-23-12-9-8-10-13-23/h8-10,12-13H,2-7,11,14-22H2,1H3. The molecule has 5 heteroatoms. The van der Waals surface area contributed by atoms with Crippen LogP contribution in [0.3, 0.4) is 0 Å². The van der Waals surface area contributed by atoms with Gasteiger partial charge in [0.1, 0.15) is 0 Å². The van der Waals surface area contributed by atoms with Gasteiger partial charge in [-0.15, -0.1) is 11.8 Å². The summed E-state index contributed by atoms with van der Waals surface area (Å²) in [6.07, 6.45) is 12.6. The van der Waals surface area contributed by atoms with Crippen LogP contribution in [0.25, 0.3) is 0 Å². The third-order valence-corrected chi connectivity index (χ3v) is 8.39. The van der Waals surface area contributed by atoms with Gasteiger partial charge in [-0.2, -0.15) is 0 Å². The van der Waals surface area contributed by atoms with Crippen molar-refractivity contribution in [2.45, 2.75) is 88.8 Å². The summed E-state index contributed by atoms with van der Waals surface area (Å²) >= 11 is 1.94. The Morgan fingerprint density at radius 3 is 2.26 bits per heavy atom. The molecule has 0 bridgehead atoms.